The maximum absolute atomic E-state index is 13.5. The second-order valence-electron chi connectivity index (χ2n) is 20.6. The Morgan fingerprint density at radius 3 is 1.34 bits per heavy atom. The van der Waals surface area contributed by atoms with Crippen molar-refractivity contribution in [2.75, 3.05) is 13.2 Å². The minimum atomic E-state index is -5.41. The molecule has 71 heavy (non-hydrogen) atoms. The molecule has 1 amide bonds. The molecule has 0 bridgehead atoms. The maximum atomic E-state index is 13.5. The lowest BCUT2D eigenvalue weighted by atomic mass is 9.84. The Labute approximate surface area is 426 Å². The number of unbranched alkanes of at least 4 members (excludes halogenated alkanes) is 29. The van der Waals surface area contributed by atoms with Gasteiger partial charge >= 0.3 is 7.82 Å². The van der Waals surface area contributed by atoms with E-state index in [2.05, 4.69) is 19.2 Å². The Hall–Kier alpha value is -0.900. The molecule has 19 heteroatoms. The fourth-order valence-electron chi connectivity index (χ4n) is 9.66. The summed E-state index contributed by atoms with van der Waals surface area (Å²) in [6, 6.07) is -1.41. The normalized spacial score (nSPS) is 28.1. The van der Waals surface area contributed by atoms with Crippen molar-refractivity contribution in [3.05, 3.63) is 0 Å². The third-order valence-electron chi connectivity index (χ3n) is 14.4. The van der Waals surface area contributed by atoms with Crippen LogP contribution in [0.15, 0.2) is 0 Å². The highest BCUT2D eigenvalue weighted by Gasteiger charge is 2.55. The van der Waals surface area contributed by atoms with Crippen molar-refractivity contribution in [3.8, 4) is 0 Å². The van der Waals surface area contributed by atoms with Crippen LogP contribution < -0.4 is 5.32 Å². The highest BCUT2D eigenvalue weighted by molar-refractivity contribution is 7.47. The molecule has 2 aliphatic rings. The van der Waals surface area contributed by atoms with Crippen LogP contribution in [-0.4, -0.2) is 161 Å². The summed E-state index contributed by atoms with van der Waals surface area (Å²) in [7, 11) is -5.41. The molecular weight excluding hydrogens is 942 g/mol. The molecule has 0 spiro atoms. The van der Waals surface area contributed by atoms with Gasteiger partial charge in [-0.15, -0.1) is 0 Å². The van der Waals surface area contributed by atoms with E-state index in [-0.39, 0.29) is 12.8 Å². The Kier molecular flexibility index (Phi) is 36.8. The van der Waals surface area contributed by atoms with Gasteiger partial charge in [-0.25, -0.2) is 4.57 Å². The van der Waals surface area contributed by atoms with Crippen LogP contribution >= 0.6 is 7.82 Å². The molecule has 2 rings (SSSR count). The first-order valence-corrected chi connectivity index (χ1v) is 29.6. The monoisotopic (exact) mass is 1040 g/mol. The molecule has 2 fully saturated rings. The number of carbonyl (C=O) groups excluding carboxylic acids is 1. The SMILES string of the molecule is CCCCCCCCCCCCCCCCCCCCCC(=O)N[C@@H](COP(=O)(O)O[C@H]1C(O)C(O)C(O)[C@@H](O)C1O[C@H]1O[C@H](CO)[C@@H](O)C(O)C1O)[C@H](O)[C@H](O)CCCCCCCCCCCCCC. The molecule has 0 aromatic rings. The van der Waals surface area contributed by atoms with Crippen molar-refractivity contribution < 1.29 is 83.8 Å². The van der Waals surface area contributed by atoms with Gasteiger partial charge in [0.15, 0.2) is 6.29 Å². The number of phosphoric acid groups is 1. The molecule has 0 radical (unpaired) electrons. The molecule has 422 valence electrons. The predicted octanol–water partition coefficient (Wildman–Crippen LogP) is 6.25. The van der Waals surface area contributed by atoms with Crippen molar-refractivity contribution in [1.82, 2.24) is 5.32 Å². The first-order chi connectivity index (χ1) is 34.1. The molecule has 15 atom stereocenters. The van der Waals surface area contributed by atoms with Gasteiger partial charge in [-0.2, -0.15) is 0 Å². The molecule has 1 saturated heterocycles. The second kappa shape index (κ2) is 39.5. The smallest absolute Gasteiger partial charge is 0.394 e. The van der Waals surface area contributed by atoms with Gasteiger partial charge in [-0.1, -0.05) is 206 Å². The fraction of sp³-hybridized carbons (Fsp3) is 0.981. The third kappa shape index (κ3) is 27.1. The second-order valence-corrected chi connectivity index (χ2v) is 22.0. The Bertz CT molecular complexity index is 1360. The lowest BCUT2D eigenvalue weighted by molar-refractivity contribution is -0.338. The minimum Gasteiger partial charge on any atom is -0.394 e. The highest BCUT2D eigenvalue weighted by Crippen LogP contribution is 2.48. The molecule has 12 N–H and O–H groups in total. The van der Waals surface area contributed by atoms with Crippen LogP contribution in [0.5, 0.6) is 0 Å². The van der Waals surface area contributed by atoms with E-state index in [4.69, 9.17) is 18.5 Å². The lowest BCUT2D eigenvalue weighted by Crippen LogP contribution is -2.67. The number of aliphatic hydroxyl groups excluding tert-OH is 10. The largest absolute Gasteiger partial charge is 0.472 e. The molecule has 1 heterocycles. The number of amides is 1. The van der Waals surface area contributed by atoms with Crippen LogP contribution in [0.3, 0.4) is 0 Å². The Morgan fingerprint density at radius 1 is 0.535 bits per heavy atom. The third-order valence-corrected chi connectivity index (χ3v) is 15.4. The van der Waals surface area contributed by atoms with Crippen molar-refractivity contribution >= 4 is 13.7 Å². The molecular formula is C52H102NO17P. The van der Waals surface area contributed by atoms with Crippen LogP contribution in [0.25, 0.3) is 0 Å². The Morgan fingerprint density at radius 2 is 0.915 bits per heavy atom. The summed E-state index contributed by atoms with van der Waals surface area (Å²) < 4.78 is 34.8. The molecule has 1 saturated carbocycles. The number of nitrogens with one attached hydrogen (secondary N) is 1. The van der Waals surface area contributed by atoms with Gasteiger partial charge in [0.25, 0.3) is 0 Å². The van der Waals surface area contributed by atoms with Crippen LogP contribution in [0.1, 0.15) is 226 Å². The predicted molar refractivity (Wildman–Crippen MR) is 271 cm³/mol. The average molecular weight is 1040 g/mol. The zero-order chi connectivity index (χ0) is 52.4. The fourth-order valence-corrected chi connectivity index (χ4v) is 10.6. The summed E-state index contributed by atoms with van der Waals surface area (Å²) in [5.41, 5.74) is 0. The van der Waals surface area contributed by atoms with E-state index in [1.807, 2.05) is 0 Å². The lowest BCUT2D eigenvalue weighted by Gasteiger charge is -2.47. The zero-order valence-corrected chi connectivity index (χ0v) is 44.5. The summed E-state index contributed by atoms with van der Waals surface area (Å²) >= 11 is 0. The van der Waals surface area contributed by atoms with Crippen LogP contribution in [0.4, 0.5) is 0 Å². The van der Waals surface area contributed by atoms with E-state index in [1.54, 1.807) is 0 Å². The first kappa shape index (κ1) is 66.2. The number of rotatable bonds is 44. The number of hydrogen-bond acceptors (Lipinski definition) is 16. The standard InChI is InChI=1S/C52H102NO17P/c1-3-5-7-9-11-13-15-17-18-19-20-21-22-23-25-27-29-31-33-35-41(56)53-38(42(57)39(55)34-32-30-28-26-24-16-14-12-10-8-6-4-2)37-67-71(65,66)70-51-48(63)46(61)45(60)47(62)50(51)69-52-49(64)44(59)43(58)40(36-54)68-52/h38-40,42-52,54-55,57-64H,3-37H2,1-2H3,(H,53,56)(H,65,66)/t38-,39+,40+,42-,43+,44?,45?,46?,47+,48?,49?,50?,51-,52+/m0/s1. The summed E-state index contributed by atoms with van der Waals surface area (Å²) in [5, 5.41) is 108. The van der Waals surface area contributed by atoms with Gasteiger partial charge in [0.05, 0.1) is 25.4 Å². The number of aliphatic hydroxyl groups is 10. The Balaban J connectivity index is 1.93. The molecule has 7 unspecified atom stereocenters. The van der Waals surface area contributed by atoms with Crippen LogP contribution in [0.2, 0.25) is 0 Å². The van der Waals surface area contributed by atoms with Crippen LogP contribution in [0, 0.1) is 0 Å². The van der Waals surface area contributed by atoms with E-state index in [0.29, 0.717) is 12.8 Å². The van der Waals surface area contributed by atoms with Gasteiger partial charge in [0.2, 0.25) is 5.91 Å². The summed E-state index contributed by atoms with van der Waals surface area (Å²) in [4.78, 5) is 24.2. The highest BCUT2D eigenvalue weighted by atomic mass is 31.2. The number of phosphoric ester groups is 1. The van der Waals surface area contributed by atoms with Crippen LogP contribution in [-0.2, 0) is 27.9 Å². The summed E-state index contributed by atoms with van der Waals surface area (Å²) in [6.45, 7) is 2.74. The molecule has 0 aromatic carbocycles. The average Bonchev–Trinajstić information content (AvgIpc) is 3.35. The van der Waals surface area contributed by atoms with Crippen molar-refractivity contribution in [3.63, 3.8) is 0 Å². The van der Waals surface area contributed by atoms with Gasteiger partial charge in [-0.3, -0.25) is 13.8 Å². The van der Waals surface area contributed by atoms with E-state index in [0.717, 1.165) is 51.4 Å². The van der Waals surface area contributed by atoms with E-state index >= 15 is 0 Å². The van der Waals surface area contributed by atoms with Gasteiger partial charge in [0, 0.05) is 6.42 Å². The minimum absolute atomic E-state index is 0.0908. The first-order valence-electron chi connectivity index (χ1n) is 28.1. The summed E-state index contributed by atoms with van der Waals surface area (Å²) in [6.07, 6.45) is 11.4. The van der Waals surface area contributed by atoms with Crippen molar-refractivity contribution in [2.24, 2.45) is 0 Å². The zero-order valence-electron chi connectivity index (χ0n) is 43.6. The number of hydrogen-bond donors (Lipinski definition) is 12. The van der Waals surface area contributed by atoms with Gasteiger partial charge in [0.1, 0.15) is 67.1 Å². The van der Waals surface area contributed by atoms with Gasteiger partial charge in [-0.05, 0) is 12.8 Å². The number of carbonyl (C=O) groups is 1. The quantitative estimate of drug-likeness (QED) is 0.0237. The molecule has 1 aliphatic carbocycles. The molecule has 1 aliphatic heterocycles. The summed E-state index contributed by atoms with van der Waals surface area (Å²) in [5.74, 6) is -0.480. The maximum Gasteiger partial charge on any atom is 0.472 e. The van der Waals surface area contributed by atoms with E-state index in [9.17, 15) is 65.3 Å². The van der Waals surface area contributed by atoms with Crippen molar-refractivity contribution in [1.29, 1.82) is 0 Å². The topological polar surface area (TPSA) is 306 Å². The van der Waals surface area contributed by atoms with Crippen molar-refractivity contribution in [2.45, 2.75) is 311 Å². The van der Waals surface area contributed by atoms with E-state index < -0.39 is 113 Å². The van der Waals surface area contributed by atoms with Gasteiger partial charge < -0.3 is 70.7 Å². The molecule has 18 nitrogen and oxygen atoms in total. The molecule has 0 aromatic heterocycles. The van der Waals surface area contributed by atoms with E-state index in [1.165, 1.54) is 135 Å². The number of ether oxygens (including phenoxy) is 2.